The molecule has 1 amide bonds. The van der Waals surface area contributed by atoms with E-state index in [-0.39, 0.29) is 11.9 Å². The van der Waals surface area contributed by atoms with Crippen LogP contribution in [0.25, 0.3) is 0 Å². The minimum absolute atomic E-state index is 0.0441. The van der Waals surface area contributed by atoms with Crippen LogP contribution < -0.4 is 10.6 Å². The molecule has 114 valence electrons. The smallest absolute Gasteiger partial charge is 0.267 e. The number of hydrogen-bond donors (Lipinski definition) is 1. The summed E-state index contributed by atoms with van der Waals surface area (Å²) in [5.74, 6) is 0.693. The number of anilines is 2. The molecule has 20 heavy (non-hydrogen) atoms. The summed E-state index contributed by atoms with van der Waals surface area (Å²) in [6, 6.07) is 0.167. The Morgan fingerprint density at radius 1 is 1.35 bits per heavy atom. The largest absolute Gasteiger partial charge is 0.382 e. The number of amides is 1. The van der Waals surface area contributed by atoms with Gasteiger partial charge in [-0.05, 0) is 19.3 Å². The van der Waals surface area contributed by atoms with Crippen molar-refractivity contribution in [2.45, 2.75) is 40.2 Å². The minimum Gasteiger partial charge on any atom is -0.382 e. The Morgan fingerprint density at radius 2 is 1.95 bits per heavy atom. The lowest BCUT2D eigenvalue weighted by molar-refractivity contribution is 0.0713. The van der Waals surface area contributed by atoms with Crippen molar-refractivity contribution in [3.05, 3.63) is 4.88 Å². The van der Waals surface area contributed by atoms with Gasteiger partial charge in [-0.3, -0.25) is 4.79 Å². The van der Waals surface area contributed by atoms with Crippen LogP contribution in [0.1, 0.15) is 43.8 Å². The second-order valence-corrected chi connectivity index (χ2v) is 6.51. The molecule has 1 aromatic rings. The van der Waals surface area contributed by atoms with Crippen LogP contribution in [-0.2, 0) is 0 Å². The van der Waals surface area contributed by atoms with Gasteiger partial charge < -0.3 is 15.5 Å². The van der Waals surface area contributed by atoms with Crippen LogP contribution in [0.5, 0.6) is 0 Å². The summed E-state index contributed by atoms with van der Waals surface area (Å²) in [5, 5.41) is 0.804. The second-order valence-electron chi connectivity index (χ2n) is 5.53. The number of thiazole rings is 1. The molecule has 1 rings (SSSR count). The van der Waals surface area contributed by atoms with Gasteiger partial charge in [0.15, 0.2) is 5.13 Å². The average molecular weight is 298 g/mol. The van der Waals surface area contributed by atoms with Crippen molar-refractivity contribution in [2.24, 2.45) is 5.92 Å². The van der Waals surface area contributed by atoms with Gasteiger partial charge in [-0.1, -0.05) is 32.1 Å². The summed E-state index contributed by atoms with van der Waals surface area (Å²) in [6.45, 7) is 9.26. The van der Waals surface area contributed by atoms with E-state index < -0.39 is 0 Å². The van der Waals surface area contributed by atoms with E-state index in [1.54, 1.807) is 4.90 Å². The third-order valence-corrected chi connectivity index (χ3v) is 4.79. The molecule has 0 aliphatic heterocycles. The van der Waals surface area contributed by atoms with Crippen molar-refractivity contribution >= 4 is 28.2 Å². The summed E-state index contributed by atoms with van der Waals surface area (Å²) in [6.07, 6.45) is 1.03. The number of hydrogen-bond acceptors (Lipinski definition) is 5. The lowest BCUT2D eigenvalue weighted by Gasteiger charge is -2.27. The van der Waals surface area contributed by atoms with Crippen LogP contribution >= 0.6 is 11.3 Å². The molecule has 1 aromatic heterocycles. The Kier molecular flexibility index (Phi) is 5.80. The van der Waals surface area contributed by atoms with Gasteiger partial charge in [-0.2, -0.15) is 0 Å². The quantitative estimate of drug-likeness (QED) is 0.877. The van der Waals surface area contributed by atoms with Gasteiger partial charge in [0.1, 0.15) is 10.7 Å². The van der Waals surface area contributed by atoms with E-state index in [1.807, 2.05) is 25.9 Å². The first-order chi connectivity index (χ1) is 9.29. The van der Waals surface area contributed by atoms with Crippen LogP contribution in [0.15, 0.2) is 0 Å². The van der Waals surface area contributed by atoms with Crippen molar-refractivity contribution in [3.63, 3.8) is 0 Å². The molecular formula is C14H26N4OS. The zero-order valence-corrected chi connectivity index (χ0v) is 14.1. The molecular weight excluding hydrogens is 272 g/mol. The SMILES string of the molecule is CCCN(C)c1nc(N)c(C(=O)N(C)C(C)C(C)C)s1. The van der Waals surface area contributed by atoms with E-state index in [4.69, 9.17) is 5.73 Å². The van der Waals surface area contributed by atoms with Crippen molar-refractivity contribution in [1.82, 2.24) is 9.88 Å². The number of nitrogens with zero attached hydrogens (tertiary/aromatic N) is 3. The van der Waals surface area contributed by atoms with Gasteiger partial charge in [-0.15, -0.1) is 0 Å². The predicted octanol–water partition coefficient (Wildman–Crippen LogP) is 2.69. The Bertz CT molecular complexity index is 458. The molecule has 1 atom stereocenters. The first kappa shape index (κ1) is 16.8. The second kappa shape index (κ2) is 6.92. The summed E-state index contributed by atoms with van der Waals surface area (Å²) in [7, 11) is 3.79. The summed E-state index contributed by atoms with van der Waals surface area (Å²) in [4.78, 5) is 21.1. The van der Waals surface area contributed by atoms with E-state index >= 15 is 0 Å². The van der Waals surface area contributed by atoms with Crippen LogP contribution in [0.2, 0.25) is 0 Å². The molecule has 5 nitrogen and oxygen atoms in total. The van der Waals surface area contributed by atoms with E-state index in [0.29, 0.717) is 16.6 Å². The summed E-state index contributed by atoms with van der Waals surface area (Å²) >= 11 is 1.37. The molecule has 1 heterocycles. The molecule has 0 aromatic carbocycles. The maximum atomic E-state index is 12.5. The van der Waals surface area contributed by atoms with Gasteiger partial charge >= 0.3 is 0 Å². The van der Waals surface area contributed by atoms with Crippen molar-refractivity contribution < 1.29 is 4.79 Å². The van der Waals surface area contributed by atoms with Crippen LogP contribution in [0, 0.1) is 5.92 Å². The highest BCUT2D eigenvalue weighted by molar-refractivity contribution is 7.18. The molecule has 0 radical (unpaired) electrons. The van der Waals surface area contributed by atoms with Crippen molar-refractivity contribution in [3.8, 4) is 0 Å². The number of carbonyl (C=O) groups is 1. The maximum Gasteiger partial charge on any atom is 0.267 e. The van der Waals surface area contributed by atoms with Gasteiger partial charge in [0.2, 0.25) is 0 Å². The molecule has 6 heteroatoms. The average Bonchev–Trinajstić information content (AvgIpc) is 2.78. The van der Waals surface area contributed by atoms with Gasteiger partial charge in [0.25, 0.3) is 5.91 Å². The molecule has 0 saturated heterocycles. The van der Waals surface area contributed by atoms with Crippen LogP contribution in [0.3, 0.4) is 0 Å². The fourth-order valence-electron chi connectivity index (χ4n) is 1.86. The minimum atomic E-state index is -0.0441. The van der Waals surface area contributed by atoms with E-state index in [9.17, 15) is 4.79 Å². The number of aromatic nitrogens is 1. The molecule has 0 aliphatic rings. The lowest BCUT2D eigenvalue weighted by Crippen LogP contribution is -2.38. The van der Waals surface area contributed by atoms with E-state index in [0.717, 1.165) is 18.1 Å². The fourth-order valence-corrected chi connectivity index (χ4v) is 2.82. The monoisotopic (exact) mass is 298 g/mol. The highest BCUT2D eigenvalue weighted by Crippen LogP contribution is 2.29. The number of carbonyl (C=O) groups excluding carboxylic acids is 1. The summed E-state index contributed by atoms with van der Waals surface area (Å²) < 4.78 is 0. The van der Waals surface area contributed by atoms with Gasteiger partial charge in [0, 0.05) is 26.7 Å². The summed E-state index contributed by atoms with van der Waals surface area (Å²) in [5.41, 5.74) is 5.92. The molecule has 0 fully saturated rings. The fraction of sp³-hybridized carbons (Fsp3) is 0.714. The van der Waals surface area contributed by atoms with Gasteiger partial charge in [-0.25, -0.2) is 4.98 Å². The first-order valence-electron chi connectivity index (χ1n) is 7.04. The molecule has 2 N–H and O–H groups in total. The topological polar surface area (TPSA) is 62.5 Å². The molecule has 0 bridgehead atoms. The Labute approximate surface area is 125 Å². The number of rotatable bonds is 6. The van der Waals surface area contributed by atoms with Crippen LogP contribution in [-0.4, -0.2) is 42.5 Å². The highest BCUT2D eigenvalue weighted by Gasteiger charge is 2.25. The molecule has 0 spiro atoms. The zero-order valence-electron chi connectivity index (χ0n) is 13.3. The van der Waals surface area contributed by atoms with Crippen molar-refractivity contribution in [1.29, 1.82) is 0 Å². The normalized spacial score (nSPS) is 12.6. The molecule has 0 aliphatic carbocycles. The van der Waals surface area contributed by atoms with Gasteiger partial charge in [0.05, 0.1) is 0 Å². The predicted molar refractivity (Wildman–Crippen MR) is 86.5 cm³/mol. The Balaban J connectivity index is 2.94. The Hall–Kier alpha value is -1.30. The third-order valence-electron chi connectivity index (χ3n) is 3.62. The van der Waals surface area contributed by atoms with E-state index in [2.05, 4.69) is 25.8 Å². The standard InChI is InChI=1S/C14H26N4OS/c1-7-8-17(5)14-16-12(15)11(20-14)13(19)18(6)10(4)9(2)3/h9-10H,7-8,15H2,1-6H3. The van der Waals surface area contributed by atoms with Crippen LogP contribution in [0.4, 0.5) is 10.9 Å². The molecule has 1 unspecified atom stereocenters. The van der Waals surface area contributed by atoms with E-state index in [1.165, 1.54) is 11.3 Å². The van der Waals surface area contributed by atoms with Crippen molar-refractivity contribution in [2.75, 3.05) is 31.3 Å². The Morgan fingerprint density at radius 3 is 2.45 bits per heavy atom. The maximum absolute atomic E-state index is 12.5. The zero-order chi connectivity index (χ0) is 15.4. The number of nitrogens with two attached hydrogens (primary N) is 1. The highest BCUT2D eigenvalue weighted by atomic mass is 32.1. The lowest BCUT2D eigenvalue weighted by atomic mass is 10.1. The third kappa shape index (κ3) is 3.62. The number of nitrogen functional groups attached to an aromatic ring is 1. The first-order valence-corrected chi connectivity index (χ1v) is 7.85. The molecule has 0 saturated carbocycles.